The van der Waals surface area contributed by atoms with Gasteiger partial charge in [0, 0.05) is 12.1 Å². The number of carbonyl (C=O) groups is 1. The summed E-state index contributed by atoms with van der Waals surface area (Å²) < 4.78 is 21.4. The zero-order chi connectivity index (χ0) is 23.1. The first-order valence-electron chi connectivity index (χ1n) is 9.12. The number of nitrogens with zero attached hydrogens (tertiary/aromatic N) is 1. The van der Waals surface area contributed by atoms with Gasteiger partial charge in [-0.3, -0.25) is 4.79 Å². The maximum absolute atomic E-state index is 12.7. The Labute approximate surface area is 191 Å². The third kappa shape index (κ3) is 5.97. The molecule has 0 unspecified atom stereocenters. The van der Waals surface area contributed by atoms with Gasteiger partial charge in [0.05, 0.1) is 43.2 Å². The SMILES string of the molecule is COc1cc(NC(=O)/C(C#N)=C/c2cc(Cl)c(OC(C)C)c(OC)c2)c(OC)cc1Cl. The quantitative estimate of drug-likeness (QED) is 0.418. The molecule has 0 saturated heterocycles. The van der Waals surface area contributed by atoms with Gasteiger partial charge < -0.3 is 24.3 Å². The van der Waals surface area contributed by atoms with E-state index in [1.165, 1.54) is 39.5 Å². The van der Waals surface area contributed by atoms with Crippen molar-refractivity contribution in [2.45, 2.75) is 20.0 Å². The van der Waals surface area contributed by atoms with E-state index >= 15 is 0 Å². The van der Waals surface area contributed by atoms with E-state index < -0.39 is 5.91 Å². The molecule has 0 aromatic heterocycles. The number of anilines is 1. The Morgan fingerprint density at radius 2 is 1.65 bits per heavy atom. The predicted molar refractivity (Wildman–Crippen MR) is 121 cm³/mol. The number of ether oxygens (including phenoxy) is 4. The Kier molecular flexibility index (Phi) is 8.43. The number of nitriles is 1. The highest BCUT2D eigenvalue weighted by Gasteiger charge is 2.17. The molecule has 0 heterocycles. The predicted octanol–water partition coefficient (Wildman–Crippen LogP) is 5.35. The Morgan fingerprint density at radius 1 is 1.00 bits per heavy atom. The lowest BCUT2D eigenvalue weighted by Crippen LogP contribution is -2.14. The molecule has 2 aromatic carbocycles. The van der Waals surface area contributed by atoms with E-state index in [0.29, 0.717) is 44.3 Å². The molecule has 0 radical (unpaired) electrons. The first kappa shape index (κ1) is 24.2. The van der Waals surface area contributed by atoms with E-state index in [9.17, 15) is 10.1 Å². The maximum Gasteiger partial charge on any atom is 0.266 e. The van der Waals surface area contributed by atoms with Gasteiger partial charge in [0.1, 0.15) is 23.1 Å². The van der Waals surface area contributed by atoms with E-state index in [2.05, 4.69) is 5.32 Å². The van der Waals surface area contributed by atoms with Crippen molar-refractivity contribution >= 4 is 40.9 Å². The third-order valence-corrected chi connectivity index (χ3v) is 4.58. The number of nitrogens with one attached hydrogen (secondary N) is 1. The topological polar surface area (TPSA) is 89.8 Å². The summed E-state index contributed by atoms with van der Waals surface area (Å²) in [5, 5.41) is 12.8. The molecule has 164 valence electrons. The Hall–Kier alpha value is -3.08. The Morgan fingerprint density at radius 3 is 2.19 bits per heavy atom. The van der Waals surface area contributed by atoms with Crippen molar-refractivity contribution in [3.05, 3.63) is 45.4 Å². The number of halogens is 2. The van der Waals surface area contributed by atoms with E-state index in [1.807, 2.05) is 19.9 Å². The molecule has 0 fully saturated rings. The maximum atomic E-state index is 12.7. The van der Waals surface area contributed by atoms with Crippen LogP contribution in [-0.2, 0) is 4.79 Å². The first-order chi connectivity index (χ1) is 14.7. The molecule has 0 bridgehead atoms. The summed E-state index contributed by atoms with van der Waals surface area (Å²) in [5.41, 5.74) is 0.628. The summed E-state index contributed by atoms with van der Waals surface area (Å²) in [5.74, 6) is 0.781. The van der Waals surface area contributed by atoms with Crippen LogP contribution in [0.15, 0.2) is 29.8 Å². The second-order valence-corrected chi connectivity index (χ2v) is 7.33. The first-order valence-corrected chi connectivity index (χ1v) is 9.88. The minimum Gasteiger partial charge on any atom is -0.495 e. The van der Waals surface area contributed by atoms with Crippen molar-refractivity contribution in [3.8, 4) is 29.1 Å². The number of benzene rings is 2. The molecule has 0 aliphatic rings. The Balaban J connectivity index is 2.39. The molecule has 0 aliphatic carbocycles. The van der Waals surface area contributed by atoms with Crippen LogP contribution >= 0.6 is 23.2 Å². The van der Waals surface area contributed by atoms with Crippen LogP contribution in [0.25, 0.3) is 6.08 Å². The summed E-state index contributed by atoms with van der Waals surface area (Å²) in [4.78, 5) is 12.7. The molecule has 2 aromatic rings. The lowest BCUT2D eigenvalue weighted by atomic mass is 10.1. The fraction of sp³-hybridized carbons (Fsp3) is 0.273. The van der Waals surface area contributed by atoms with Crippen molar-refractivity contribution in [2.24, 2.45) is 0 Å². The summed E-state index contributed by atoms with van der Waals surface area (Å²) >= 11 is 12.4. The average Bonchev–Trinajstić information content (AvgIpc) is 2.73. The molecule has 0 spiro atoms. The second-order valence-electron chi connectivity index (χ2n) is 6.51. The normalized spacial score (nSPS) is 11.0. The fourth-order valence-electron chi connectivity index (χ4n) is 2.64. The van der Waals surface area contributed by atoms with Gasteiger partial charge in [0.15, 0.2) is 11.5 Å². The third-order valence-electron chi connectivity index (χ3n) is 4.00. The highest BCUT2D eigenvalue weighted by atomic mass is 35.5. The number of rotatable bonds is 8. The van der Waals surface area contributed by atoms with Crippen molar-refractivity contribution < 1.29 is 23.7 Å². The van der Waals surface area contributed by atoms with Crippen molar-refractivity contribution in [1.29, 1.82) is 5.26 Å². The summed E-state index contributed by atoms with van der Waals surface area (Å²) in [6.07, 6.45) is 1.28. The molecule has 1 N–H and O–H groups in total. The summed E-state index contributed by atoms with van der Waals surface area (Å²) in [7, 11) is 4.36. The van der Waals surface area contributed by atoms with Gasteiger partial charge in [0.2, 0.25) is 0 Å². The van der Waals surface area contributed by atoms with Crippen LogP contribution in [0.3, 0.4) is 0 Å². The highest BCUT2D eigenvalue weighted by Crippen LogP contribution is 2.38. The van der Waals surface area contributed by atoms with Crippen molar-refractivity contribution in [3.63, 3.8) is 0 Å². The molecule has 31 heavy (non-hydrogen) atoms. The van der Waals surface area contributed by atoms with E-state index in [-0.39, 0.29) is 11.7 Å². The number of amides is 1. The van der Waals surface area contributed by atoms with Crippen molar-refractivity contribution in [2.75, 3.05) is 26.6 Å². The molecular weight excluding hydrogens is 443 g/mol. The number of methoxy groups -OCH3 is 3. The van der Waals surface area contributed by atoms with Gasteiger partial charge >= 0.3 is 0 Å². The van der Waals surface area contributed by atoms with E-state index in [1.54, 1.807) is 12.1 Å². The van der Waals surface area contributed by atoms with Gasteiger partial charge in [-0.05, 0) is 37.6 Å². The summed E-state index contributed by atoms with van der Waals surface area (Å²) in [6, 6.07) is 8.10. The summed E-state index contributed by atoms with van der Waals surface area (Å²) in [6.45, 7) is 3.73. The molecular formula is C22H22Cl2N2O5. The highest BCUT2D eigenvalue weighted by molar-refractivity contribution is 6.33. The van der Waals surface area contributed by atoms with E-state index in [4.69, 9.17) is 42.1 Å². The lowest BCUT2D eigenvalue weighted by molar-refractivity contribution is -0.112. The molecule has 0 aliphatic heterocycles. The van der Waals surface area contributed by atoms with Gasteiger partial charge in [-0.2, -0.15) is 5.26 Å². The van der Waals surface area contributed by atoms with Crippen LogP contribution in [0.4, 0.5) is 5.69 Å². The van der Waals surface area contributed by atoms with Gasteiger partial charge in [-0.15, -0.1) is 0 Å². The molecule has 9 heteroatoms. The lowest BCUT2D eigenvalue weighted by Gasteiger charge is -2.16. The molecule has 7 nitrogen and oxygen atoms in total. The number of hydrogen-bond donors (Lipinski definition) is 1. The van der Waals surface area contributed by atoms with Gasteiger partial charge in [0.25, 0.3) is 5.91 Å². The molecule has 0 saturated carbocycles. The van der Waals surface area contributed by atoms with Crippen LogP contribution in [0.2, 0.25) is 10.0 Å². The fourth-order valence-corrected chi connectivity index (χ4v) is 3.13. The zero-order valence-electron chi connectivity index (χ0n) is 17.7. The smallest absolute Gasteiger partial charge is 0.266 e. The van der Waals surface area contributed by atoms with Crippen LogP contribution in [0.5, 0.6) is 23.0 Å². The molecule has 2 rings (SSSR count). The zero-order valence-corrected chi connectivity index (χ0v) is 19.2. The standard InChI is InChI=1S/C22H22Cl2N2O5/c1-12(2)31-21-16(24)7-13(8-20(21)30-5)6-14(11-25)22(27)26-17-10-18(28-3)15(23)9-19(17)29-4/h6-10,12H,1-5H3,(H,26,27)/b14-6+. The van der Waals surface area contributed by atoms with Gasteiger partial charge in [-0.25, -0.2) is 0 Å². The monoisotopic (exact) mass is 464 g/mol. The number of carbonyl (C=O) groups excluding carboxylic acids is 1. The van der Waals surface area contributed by atoms with Crippen LogP contribution in [0, 0.1) is 11.3 Å². The van der Waals surface area contributed by atoms with Crippen LogP contribution < -0.4 is 24.3 Å². The van der Waals surface area contributed by atoms with Crippen molar-refractivity contribution in [1.82, 2.24) is 0 Å². The molecule has 0 atom stereocenters. The largest absolute Gasteiger partial charge is 0.495 e. The van der Waals surface area contributed by atoms with Crippen LogP contribution in [0.1, 0.15) is 19.4 Å². The Bertz CT molecular complexity index is 1050. The number of hydrogen-bond acceptors (Lipinski definition) is 6. The minimum absolute atomic E-state index is 0.111. The molecule has 1 amide bonds. The van der Waals surface area contributed by atoms with Crippen LogP contribution in [-0.4, -0.2) is 33.3 Å². The second kappa shape index (κ2) is 10.8. The minimum atomic E-state index is -0.650. The van der Waals surface area contributed by atoms with E-state index in [0.717, 1.165) is 0 Å². The average molecular weight is 465 g/mol. The van der Waals surface area contributed by atoms with Gasteiger partial charge in [-0.1, -0.05) is 23.2 Å².